The predicted octanol–water partition coefficient (Wildman–Crippen LogP) is 3.00. The van der Waals surface area contributed by atoms with Crippen LogP contribution in [0.2, 0.25) is 0 Å². The number of para-hydroxylation sites is 1. The van der Waals surface area contributed by atoms with Gasteiger partial charge in [0.05, 0.1) is 18.8 Å². The first-order valence-corrected chi connectivity index (χ1v) is 8.59. The molecule has 1 aromatic rings. The highest BCUT2D eigenvalue weighted by Crippen LogP contribution is 2.30. The van der Waals surface area contributed by atoms with Crippen molar-refractivity contribution in [3.63, 3.8) is 0 Å². The van der Waals surface area contributed by atoms with E-state index in [0.717, 1.165) is 37.0 Å². The van der Waals surface area contributed by atoms with Crippen molar-refractivity contribution in [1.82, 2.24) is 10.6 Å². The molecule has 2 rings (SSSR count). The fourth-order valence-corrected chi connectivity index (χ4v) is 3.08. The molecule has 3 N–H and O–H groups in total. The van der Waals surface area contributed by atoms with Gasteiger partial charge < -0.3 is 20.5 Å². The number of ether oxygens (including phenoxy) is 1. The molecule has 2 atom stereocenters. The van der Waals surface area contributed by atoms with E-state index in [9.17, 15) is 9.90 Å². The van der Waals surface area contributed by atoms with Crippen molar-refractivity contribution in [3.8, 4) is 5.75 Å². The van der Waals surface area contributed by atoms with E-state index >= 15 is 0 Å². The Bertz CT molecular complexity index is 503. The average Bonchev–Trinajstić information content (AvgIpc) is 2.77. The summed E-state index contributed by atoms with van der Waals surface area (Å²) in [7, 11) is 0. The summed E-state index contributed by atoms with van der Waals surface area (Å²) >= 11 is 0. The van der Waals surface area contributed by atoms with Crippen molar-refractivity contribution in [2.24, 2.45) is 5.92 Å². The van der Waals surface area contributed by atoms with Crippen LogP contribution >= 0.6 is 0 Å². The summed E-state index contributed by atoms with van der Waals surface area (Å²) in [4.78, 5) is 12.2. The standard InChI is InChI=1S/C18H28N2O3/c1-3-13(4-2)16(21)12-19-18(22)20-15-9-7-11-23-17-10-6-5-8-14(15)17/h5-6,8,10,13,15-16,21H,3-4,7,9,11-12H2,1-2H3,(H2,19,20,22). The molecule has 2 amide bonds. The number of urea groups is 1. The molecule has 0 fully saturated rings. The van der Waals surface area contributed by atoms with E-state index in [2.05, 4.69) is 24.5 Å². The van der Waals surface area contributed by atoms with Gasteiger partial charge in [-0.2, -0.15) is 0 Å². The van der Waals surface area contributed by atoms with E-state index in [4.69, 9.17) is 4.74 Å². The van der Waals surface area contributed by atoms with E-state index in [1.807, 2.05) is 24.3 Å². The maximum Gasteiger partial charge on any atom is 0.315 e. The minimum atomic E-state index is -0.500. The molecule has 0 spiro atoms. The summed E-state index contributed by atoms with van der Waals surface area (Å²) in [5.41, 5.74) is 1.01. The van der Waals surface area contributed by atoms with Crippen LogP contribution in [0.15, 0.2) is 24.3 Å². The summed E-state index contributed by atoms with van der Waals surface area (Å²) in [5.74, 6) is 1.06. The lowest BCUT2D eigenvalue weighted by molar-refractivity contribution is 0.103. The summed E-state index contributed by atoms with van der Waals surface area (Å²) in [6.07, 6.45) is 3.07. The molecule has 0 radical (unpaired) electrons. The van der Waals surface area contributed by atoms with Crippen LogP contribution in [0.4, 0.5) is 4.79 Å². The highest BCUT2D eigenvalue weighted by molar-refractivity contribution is 5.74. The normalized spacial score (nSPS) is 18.5. The van der Waals surface area contributed by atoms with Gasteiger partial charge in [0.15, 0.2) is 0 Å². The monoisotopic (exact) mass is 320 g/mol. The Morgan fingerprint density at radius 1 is 1.35 bits per heavy atom. The Morgan fingerprint density at radius 3 is 2.83 bits per heavy atom. The van der Waals surface area contributed by atoms with Crippen molar-refractivity contribution < 1.29 is 14.6 Å². The fraction of sp³-hybridized carbons (Fsp3) is 0.611. The van der Waals surface area contributed by atoms with Gasteiger partial charge in [-0.1, -0.05) is 44.9 Å². The molecule has 1 aromatic carbocycles. The highest BCUT2D eigenvalue weighted by Gasteiger charge is 2.22. The molecule has 23 heavy (non-hydrogen) atoms. The number of rotatable bonds is 6. The fourth-order valence-electron chi connectivity index (χ4n) is 3.08. The van der Waals surface area contributed by atoms with Gasteiger partial charge in [0.2, 0.25) is 0 Å². The second kappa shape index (κ2) is 8.77. The summed E-state index contributed by atoms with van der Waals surface area (Å²) < 4.78 is 5.71. The molecule has 128 valence electrons. The molecule has 0 aromatic heterocycles. The molecule has 2 unspecified atom stereocenters. The Morgan fingerprint density at radius 2 is 2.09 bits per heavy atom. The minimum absolute atomic E-state index is 0.0565. The molecular weight excluding hydrogens is 292 g/mol. The van der Waals surface area contributed by atoms with Crippen molar-refractivity contribution in [1.29, 1.82) is 0 Å². The molecule has 0 saturated carbocycles. The Hall–Kier alpha value is -1.75. The number of hydrogen-bond acceptors (Lipinski definition) is 3. The molecule has 0 aliphatic carbocycles. The maximum atomic E-state index is 12.2. The Balaban J connectivity index is 1.90. The quantitative estimate of drug-likeness (QED) is 0.754. The second-order valence-corrected chi connectivity index (χ2v) is 6.08. The van der Waals surface area contributed by atoms with Crippen LogP contribution in [0.25, 0.3) is 0 Å². The number of carbonyl (C=O) groups excluding carboxylic acids is 1. The van der Waals surface area contributed by atoms with Crippen molar-refractivity contribution in [2.45, 2.75) is 51.7 Å². The highest BCUT2D eigenvalue weighted by atomic mass is 16.5. The number of hydrogen-bond donors (Lipinski definition) is 3. The molecule has 1 aliphatic rings. The van der Waals surface area contributed by atoms with E-state index in [1.165, 1.54) is 0 Å². The first-order chi connectivity index (χ1) is 11.2. The van der Waals surface area contributed by atoms with Crippen LogP contribution in [0, 0.1) is 5.92 Å². The van der Waals surface area contributed by atoms with Crippen LogP contribution in [0.1, 0.15) is 51.1 Å². The van der Waals surface area contributed by atoms with Gasteiger partial charge in [0, 0.05) is 12.1 Å². The van der Waals surface area contributed by atoms with Crippen molar-refractivity contribution in [3.05, 3.63) is 29.8 Å². The van der Waals surface area contributed by atoms with Crippen LogP contribution in [-0.4, -0.2) is 30.4 Å². The van der Waals surface area contributed by atoms with E-state index in [-0.39, 0.29) is 24.5 Å². The number of carbonyl (C=O) groups is 1. The van der Waals surface area contributed by atoms with Gasteiger partial charge in [-0.15, -0.1) is 0 Å². The summed E-state index contributed by atoms with van der Waals surface area (Å²) in [6.45, 7) is 5.06. The average molecular weight is 320 g/mol. The van der Waals surface area contributed by atoms with E-state index in [1.54, 1.807) is 0 Å². The summed E-state index contributed by atoms with van der Waals surface area (Å²) in [6, 6.07) is 7.52. The third-order valence-electron chi connectivity index (χ3n) is 4.56. The smallest absolute Gasteiger partial charge is 0.315 e. The molecule has 5 nitrogen and oxygen atoms in total. The molecular formula is C18H28N2O3. The number of fused-ring (bicyclic) bond motifs is 1. The number of aliphatic hydroxyl groups excluding tert-OH is 1. The first-order valence-electron chi connectivity index (χ1n) is 8.59. The van der Waals surface area contributed by atoms with Gasteiger partial charge in [-0.05, 0) is 24.8 Å². The van der Waals surface area contributed by atoms with E-state index in [0.29, 0.717) is 6.61 Å². The van der Waals surface area contributed by atoms with Crippen molar-refractivity contribution >= 4 is 6.03 Å². The van der Waals surface area contributed by atoms with Gasteiger partial charge in [-0.25, -0.2) is 4.79 Å². The lowest BCUT2D eigenvalue weighted by Gasteiger charge is -2.22. The van der Waals surface area contributed by atoms with Crippen molar-refractivity contribution in [2.75, 3.05) is 13.2 Å². The van der Waals surface area contributed by atoms with Gasteiger partial charge >= 0.3 is 6.03 Å². The second-order valence-electron chi connectivity index (χ2n) is 6.08. The third kappa shape index (κ3) is 4.86. The number of amides is 2. The molecule has 0 saturated heterocycles. The van der Waals surface area contributed by atoms with E-state index < -0.39 is 6.10 Å². The number of benzene rings is 1. The topological polar surface area (TPSA) is 70.6 Å². The maximum absolute atomic E-state index is 12.2. The zero-order chi connectivity index (χ0) is 16.7. The molecule has 0 bridgehead atoms. The SMILES string of the molecule is CCC(CC)C(O)CNC(=O)NC1CCCOc2ccccc21. The Kier molecular flexibility index (Phi) is 6.71. The first kappa shape index (κ1) is 17.6. The third-order valence-corrected chi connectivity index (χ3v) is 4.56. The number of nitrogens with one attached hydrogen (secondary N) is 2. The molecule has 5 heteroatoms. The van der Waals surface area contributed by atoms with Crippen LogP contribution < -0.4 is 15.4 Å². The lowest BCUT2D eigenvalue weighted by Crippen LogP contribution is -2.43. The zero-order valence-electron chi connectivity index (χ0n) is 14.0. The summed E-state index contributed by atoms with van der Waals surface area (Å²) in [5, 5.41) is 15.9. The minimum Gasteiger partial charge on any atom is -0.493 e. The number of aliphatic hydroxyl groups is 1. The zero-order valence-corrected chi connectivity index (χ0v) is 14.0. The van der Waals surface area contributed by atoms with Gasteiger partial charge in [0.1, 0.15) is 5.75 Å². The lowest BCUT2D eigenvalue weighted by atomic mass is 9.97. The van der Waals surface area contributed by atoms with Gasteiger partial charge in [0.25, 0.3) is 0 Å². The van der Waals surface area contributed by atoms with Crippen LogP contribution in [0.3, 0.4) is 0 Å². The molecule has 1 heterocycles. The van der Waals surface area contributed by atoms with Crippen LogP contribution in [0.5, 0.6) is 5.75 Å². The predicted molar refractivity (Wildman–Crippen MR) is 90.5 cm³/mol. The van der Waals surface area contributed by atoms with Crippen LogP contribution in [-0.2, 0) is 0 Å². The van der Waals surface area contributed by atoms with Gasteiger partial charge in [-0.3, -0.25) is 0 Å². The Labute approximate surface area is 138 Å². The molecule has 1 aliphatic heterocycles. The largest absolute Gasteiger partial charge is 0.493 e.